The number of hydrogen-bond acceptors (Lipinski definition) is 1. The van der Waals surface area contributed by atoms with Crippen LogP contribution >= 0.6 is 0 Å². The Bertz CT molecular complexity index is 258. The summed E-state index contributed by atoms with van der Waals surface area (Å²) in [4.78, 5) is 2.48. The van der Waals surface area contributed by atoms with Crippen molar-refractivity contribution in [1.82, 2.24) is 0 Å². The molecule has 2 atom stereocenters. The van der Waals surface area contributed by atoms with E-state index in [-0.39, 0.29) is 0 Å². The highest BCUT2D eigenvalue weighted by Crippen LogP contribution is 2.26. The Kier molecular flexibility index (Phi) is 2.26. The highest BCUT2D eigenvalue weighted by molar-refractivity contribution is 5.47. The highest BCUT2D eigenvalue weighted by atomic mass is 15.2. The van der Waals surface area contributed by atoms with Gasteiger partial charge in [-0.05, 0) is 24.0 Å². The maximum Gasteiger partial charge on any atom is 0.0366 e. The lowest BCUT2D eigenvalue weighted by Crippen LogP contribution is -2.19. The van der Waals surface area contributed by atoms with Gasteiger partial charge >= 0.3 is 0 Å². The van der Waals surface area contributed by atoms with E-state index in [1.807, 2.05) is 0 Å². The molecule has 2 rings (SSSR count). The van der Waals surface area contributed by atoms with Gasteiger partial charge in [-0.2, -0.15) is 0 Å². The molecular weight excluding hydrogens is 158 g/mol. The van der Waals surface area contributed by atoms with Crippen LogP contribution in [0.2, 0.25) is 0 Å². The molecule has 1 aromatic carbocycles. The quantitative estimate of drug-likeness (QED) is 0.634. The van der Waals surface area contributed by atoms with Crippen LogP contribution in [0.1, 0.15) is 13.8 Å². The summed E-state index contributed by atoms with van der Waals surface area (Å²) in [5.41, 5.74) is 1.37. The topological polar surface area (TPSA) is 3.24 Å². The van der Waals surface area contributed by atoms with Crippen molar-refractivity contribution < 1.29 is 0 Å². The van der Waals surface area contributed by atoms with Crippen molar-refractivity contribution in [3.63, 3.8) is 0 Å². The second kappa shape index (κ2) is 3.41. The van der Waals surface area contributed by atoms with E-state index in [1.54, 1.807) is 0 Å². The first-order valence-electron chi connectivity index (χ1n) is 5.07. The summed E-state index contributed by atoms with van der Waals surface area (Å²) < 4.78 is 0. The molecule has 0 unspecified atom stereocenters. The van der Waals surface area contributed by atoms with E-state index >= 15 is 0 Å². The van der Waals surface area contributed by atoms with Gasteiger partial charge in [-0.1, -0.05) is 32.0 Å². The van der Waals surface area contributed by atoms with Gasteiger partial charge in [0.15, 0.2) is 0 Å². The van der Waals surface area contributed by atoms with Crippen molar-refractivity contribution in [3.05, 3.63) is 30.3 Å². The summed E-state index contributed by atoms with van der Waals surface area (Å²) in [5.74, 6) is 1.67. The van der Waals surface area contributed by atoms with Gasteiger partial charge in [-0.25, -0.2) is 0 Å². The molecule has 0 N–H and O–H groups in total. The molecule has 0 amide bonds. The first-order chi connectivity index (χ1) is 6.27. The van der Waals surface area contributed by atoms with E-state index in [2.05, 4.69) is 49.1 Å². The first kappa shape index (κ1) is 8.61. The van der Waals surface area contributed by atoms with Gasteiger partial charge in [0.25, 0.3) is 0 Å². The molecule has 0 aromatic heterocycles. The smallest absolute Gasteiger partial charge is 0.0366 e. The zero-order valence-corrected chi connectivity index (χ0v) is 8.40. The molecular formula is C12H17N. The molecule has 1 aliphatic rings. The van der Waals surface area contributed by atoms with Gasteiger partial charge in [0, 0.05) is 18.8 Å². The zero-order chi connectivity index (χ0) is 9.26. The van der Waals surface area contributed by atoms with Gasteiger partial charge in [0.05, 0.1) is 0 Å². The fourth-order valence-corrected chi connectivity index (χ4v) is 1.98. The fraction of sp³-hybridized carbons (Fsp3) is 0.500. The maximum atomic E-state index is 2.48. The maximum absolute atomic E-state index is 2.48. The molecule has 0 spiro atoms. The number of nitrogens with zero attached hydrogens (tertiary/aromatic N) is 1. The monoisotopic (exact) mass is 175 g/mol. The average molecular weight is 175 g/mol. The van der Waals surface area contributed by atoms with Crippen molar-refractivity contribution in [2.24, 2.45) is 11.8 Å². The molecule has 70 valence electrons. The summed E-state index contributed by atoms with van der Waals surface area (Å²) in [6.07, 6.45) is 0. The largest absolute Gasteiger partial charge is 0.371 e. The highest BCUT2D eigenvalue weighted by Gasteiger charge is 2.25. The molecule has 1 heteroatoms. The molecule has 0 aliphatic carbocycles. The third-order valence-corrected chi connectivity index (χ3v) is 3.11. The van der Waals surface area contributed by atoms with Crippen LogP contribution in [0.4, 0.5) is 5.69 Å². The summed E-state index contributed by atoms with van der Waals surface area (Å²) in [6, 6.07) is 10.7. The Morgan fingerprint density at radius 1 is 1.00 bits per heavy atom. The van der Waals surface area contributed by atoms with Crippen LogP contribution in [0.3, 0.4) is 0 Å². The van der Waals surface area contributed by atoms with Crippen molar-refractivity contribution >= 4 is 5.69 Å². The number of benzene rings is 1. The van der Waals surface area contributed by atoms with Crippen LogP contribution < -0.4 is 4.90 Å². The van der Waals surface area contributed by atoms with Crippen LogP contribution in [0.5, 0.6) is 0 Å². The SMILES string of the molecule is C[C@@H]1CN(c2ccccc2)C[C@@H]1C. The van der Waals surface area contributed by atoms with E-state index in [0.29, 0.717) is 0 Å². The Balaban J connectivity index is 2.12. The normalized spacial score (nSPS) is 28.0. The molecule has 1 aliphatic heterocycles. The molecule has 1 nitrogen and oxygen atoms in total. The molecule has 1 heterocycles. The molecule has 0 saturated carbocycles. The van der Waals surface area contributed by atoms with Crippen LogP contribution in [-0.4, -0.2) is 13.1 Å². The van der Waals surface area contributed by atoms with Crippen molar-refractivity contribution in [1.29, 1.82) is 0 Å². The predicted octanol–water partition coefficient (Wildman–Crippen LogP) is 2.78. The number of para-hydroxylation sites is 1. The Hall–Kier alpha value is -0.980. The van der Waals surface area contributed by atoms with Crippen LogP contribution in [-0.2, 0) is 0 Å². The Morgan fingerprint density at radius 2 is 1.54 bits per heavy atom. The van der Waals surface area contributed by atoms with Gasteiger partial charge in [-0.3, -0.25) is 0 Å². The second-order valence-electron chi connectivity index (χ2n) is 4.20. The minimum absolute atomic E-state index is 0.834. The van der Waals surface area contributed by atoms with Crippen molar-refractivity contribution in [2.45, 2.75) is 13.8 Å². The van der Waals surface area contributed by atoms with E-state index in [9.17, 15) is 0 Å². The number of anilines is 1. The second-order valence-corrected chi connectivity index (χ2v) is 4.20. The van der Waals surface area contributed by atoms with Crippen molar-refractivity contribution in [2.75, 3.05) is 18.0 Å². The molecule has 1 fully saturated rings. The summed E-state index contributed by atoms with van der Waals surface area (Å²) in [6.45, 7) is 7.11. The Labute approximate surface area is 80.4 Å². The van der Waals surface area contributed by atoms with Gasteiger partial charge in [0.2, 0.25) is 0 Å². The van der Waals surface area contributed by atoms with E-state index < -0.39 is 0 Å². The molecule has 1 saturated heterocycles. The lowest BCUT2D eigenvalue weighted by molar-refractivity contribution is 0.494. The fourth-order valence-electron chi connectivity index (χ4n) is 1.98. The van der Waals surface area contributed by atoms with Crippen LogP contribution in [0.25, 0.3) is 0 Å². The van der Waals surface area contributed by atoms with Crippen LogP contribution in [0, 0.1) is 11.8 Å². The average Bonchev–Trinajstić information content (AvgIpc) is 2.49. The van der Waals surface area contributed by atoms with Crippen molar-refractivity contribution in [3.8, 4) is 0 Å². The summed E-state index contributed by atoms with van der Waals surface area (Å²) >= 11 is 0. The minimum Gasteiger partial charge on any atom is -0.371 e. The predicted molar refractivity (Wildman–Crippen MR) is 57.0 cm³/mol. The lowest BCUT2D eigenvalue weighted by atomic mass is 10.0. The van der Waals surface area contributed by atoms with Gasteiger partial charge in [-0.15, -0.1) is 0 Å². The van der Waals surface area contributed by atoms with Gasteiger partial charge < -0.3 is 4.90 Å². The Morgan fingerprint density at radius 3 is 2.08 bits per heavy atom. The molecule has 13 heavy (non-hydrogen) atoms. The third-order valence-electron chi connectivity index (χ3n) is 3.11. The van der Waals surface area contributed by atoms with E-state index in [1.165, 1.54) is 18.8 Å². The molecule has 0 bridgehead atoms. The standard InChI is InChI=1S/C12H17N/c1-10-8-13(9-11(10)2)12-6-4-3-5-7-12/h3-7,10-11H,8-9H2,1-2H3/t10-,11+. The zero-order valence-electron chi connectivity index (χ0n) is 8.40. The van der Waals surface area contributed by atoms with Crippen LogP contribution in [0.15, 0.2) is 30.3 Å². The summed E-state index contributed by atoms with van der Waals surface area (Å²) in [7, 11) is 0. The minimum atomic E-state index is 0.834. The molecule has 0 radical (unpaired) electrons. The number of hydrogen-bond donors (Lipinski definition) is 0. The van der Waals surface area contributed by atoms with E-state index in [0.717, 1.165) is 11.8 Å². The third kappa shape index (κ3) is 1.69. The van der Waals surface area contributed by atoms with Gasteiger partial charge in [0.1, 0.15) is 0 Å². The van der Waals surface area contributed by atoms with E-state index in [4.69, 9.17) is 0 Å². The summed E-state index contributed by atoms with van der Waals surface area (Å²) in [5, 5.41) is 0. The lowest BCUT2D eigenvalue weighted by Gasteiger charge is -2.17. The first-order valence-corrected chi connectivity index (χ1v) is 5.07. The molecule has 1 aromatic rings. The number of rotatable bonds is 1.